The molecule has 2 aromatic heterocycles. The van der Waals surface area contributed by atoms with E-state index >= 15 is 0 Å². The summed E-state index contributed by atoms with van der Waals surface area (Å²) in [7, 11) is 0. The second-order valence-electron chi connectivity index (χ2n) is 7.46. The van der Waals surface area contributed by atoms with Gasteiger partial charge in [0.2, 0.25) is 11.8 Å². The summed E-state index contributed by atoms with van der Waals surface area (Å²) in [5.41, 5.74) is 1.88. The molecule has 8 nitrogen and oxygen atoms in total. The van der Waals surface area contributed by atoms with Crippen LogP contribution in [0.4, 0.5) is 4.79 Å². The molecule has 0 atom stereocenters. The van der Waals surface area contributed by atoms with Crippen LogP contribution in [0.15, 0.2) is 12.3 Å². The molecular weight excluding hydrogens is 422 g/mol. The Labute approximate surface area is 183 Å². The van der Waals surface area contributed by atoms with E-state index in [9.17, 15) is 14.4 Å². The van der Waals surface area contributed by atoms with E-state index in [2.05, 4.69) is 9.97 Å². The van der Waals surface area contributed by atoms with Gasteiger partial charge in [-0.1, -0.05) is 11.8 Å². The van der Waals surface area contributed by atoms with E-state index in [1.807, 2.05) is 24.8 Å². The summed E-state index contributed by atoms with van der Waals surface area (Å²) in [4.78, 5) is 53.4. The van der Waals surface area contributed by atoms with E-state index < -0.39 is 0 Å². The third-order valence-electron chi connectivity index (χ3n) is 5.41. The van der Waals surface area contributed by atoms with Crippen LogP contribution in [-0.4, -0.2) is 67.2 Å². The first-order chi connectivity index (χ1) is 14.4. The van der Waals surface area contributed by atoms with Crippen LogP contribution in [0, 0.1) is 13.8 Å². The molecule has 0 radical (unpaired) electrons. The highest BCUT2D eigenvalue weighted by molar-refractivity contribution is 8.14. The fourth-order valence-corrected chi connectivity index (χ4v) is 5.71. The van der Waals surface area contributed by atoms with E-state index in [-0.39, 0.29) is 35.8 Å². The molecule has 10 heteroatoms. The van der Waals surface area contributed by atoms with Gasteiger partial charge in [0.1, 0.15) is 5.82 Å². The van der Waals surface area contributed by atoms with Crippen LogP contribution in [0.5, 0.6) is 0 Å². The number of amides is 3. The zero-order chi connectivity index (χ0) is 21.3. The average Bonchev–Trinajstić information content (AvgIpc) is 3.28. The van der Waals surface area contributed by atoms with Gasteiger partial charge in [-0.05, 0) is 32.8 Å². The van der Waals surface area contributed by atoms with Crippen molar-refractivity contribution < 1.29 is 14.4 Å². The smallest absolute Gasteiger partial charge is 0.288 e. The standard InChI is InChI=1S/C20H23N5O3S2/c1-12-18(15-3-7-21-13(2)23-15)30-19(22-12)14-4-8-24(9-5-14)16(26)6-10-25-17(27)11-29-20(25)28/h3,7,14H,4-6,8-11H2,1-2H3. The van der Waals surface area contributed by atoms with Crippen molar-refractivity contribution in [1.82, 2.24) is 24.8 Å². The molecule has 2 fully saturated rings. The normalized spacial score (nSPS) is 17.8. The fraction of sp³-hybridized carbons (Fsp3) is 0.500. The quantitative estimate of drug-likeness (QED) is 0.698. The number of rotatable bonds is 5. The summed E-state index contributed by atoms with van der Waals surface area (Å²) in [6.07, 6.45) is 3.68. The van der Waals surface area contributed by atoms with Gasteiger partial charge in [-0.2, -0.15) is 0 Å². The molecule has 4 rings (SSSR count). The molecule has 158 valence electrons. The van der Waals surface area contributed by atoms with E-state index in [0.717, 1.165) is 51.7 Å². The fourth-order valence-electron chi connectivity index (χ4n) is 3.75. The first-order valence-electron chi connectivity index (χ1n) is 9.94. The van der Waals surface area contributed by atoms with Gasteiger partial charge in [0.05, 0.1) is 27.0 Å². The van der Waals surface area contributed by atoms with E-state index in [1.54, 1.807) is 17.5 Å². The number of hydrogen-bond acceptors (Lipinski definition) is 8. The molecule has 2 aromatic rings. The van der Waals surface area contributed by atoms with Gasteiger partial charge in [0.15, 0.2) is 0 Å². The van der Waals surface area contributed by atoms with Crippen LogP contribution in [-0.2, 0) is 9.59 Å². The molecule has 2 aliphatic rings. The predicted molar refractivity (Wildman–Crippen MR) is 115 cm³/mol. The van der Waals surface area contributed by atoms with E-state index in [4.69, 9.17) is 4.98 Å². The van der Waals surface area contributed by atoms with Crippen molar-refractivity contribution in [3.63, 3.8) is 0 Å². The maximum Gasteiger partial charge on any atom is 0.288 e. The molecule has 0 saturated carbocycles. The number of carbonyl (C=O) groups is 3. The molecule has 0 aromatic carbocycles. The van der Waals surface area contributed by atoms with Crippen molar-refractivity contribution in [3.8, 4) is 10.6 Å². The summed E-state index contributed by atoms with van der Waals surface area (Å²) in [5.74, 6) is 1.04. The third kappa shape index (κ3) is 4.39. The number of piperidine rings is 1. The van der Waals surface area contributed by atoms with Gasteiger partial charge in [-0.25, -0.2) is 15.0 Å². The molecule has 4 heterocycles. The highest BCUT2D eigenvalue weighted by Crippen LogP contribution is 2.36. The Kier molecular flexibility index (Phi) is 6.14. The Balaban J connectivity index is 1.33. The monoisotopic (exact) mass is 445 g/mol. The van der Waals surface area contributed by atoms with Gasteiger partial charge in [-0.3, -0.25) is 19.3 Å². The van der Waals surface area contributed by atoms with Crippen LogP contribution >= 0.6 is 23.1 Å². The number of nitrogens with zero attached hydrogens (tertiary/aromatic N) is 5. The van der Waals surface area contributed by atoms with Gasteiger partial charge in [0, 0.05) is 38.2 Å². The van der Waals surface area contributed by atoms with Gasteiger partial charge in [0.25, 0.3) is 5.24 Å². The number of aryl methyl sites for hydroxylation is 2. The minimum atomic E-state index is -0.250. The Morgan fingerprint density at radius 3 is 2.63 bits per heavy atom. The zero-order valence-electron chi connectivity index (χ0n) is 17.0. The number of thioether (sulfide) groups is 1. The SMILES string of the molecule is Cc1nccc(-c2sc(C3CCN(C(=O)CCN4C(=O)CSC4=O)CC3)nc2C)n1. The average molecular weight is 446 g/mol. The molecule has 0 aliphatic carbocycles. The van der Waals surface area contributed by atoms with Crippen LogP contribution < -0.4 is 0 Å². The number of hydrogen-bond donors (Lipinski definition) is 0. The minimum absolute atomic E-state index is 0.00146. The van der Waals surface area contributed by atoms with Gasteiger partial charge >= 0.3 is 0 Å². The van der Waals surface area contributed by atoms with E-state index in [0.29, 0.717) is 19.0 Å². The number of likely N-dealkylation sites (tertiary alicyclic amines) is 1. The number of thiazole rings is 1. The summed E-state index contributed by atoms with van der Waals surface area (Å²) in [6.45, 7) is 5.39. The highest BCUT2D eigenvalue weighted by Gasteiger charge is 2.31. The third-order valence-corrected chi connectivity index (χ3v) is 7.61. The second-order valence-corrected chi connectivity index (χ2v) is 9.42. The van der Waals surface area contributed by atoms with Crippen molar-refractivity contribution in [2.75, 3.05) is 25.4 Å². The summed E-state index contributed by atoms with van der Waals surface area (Å²) >= 11 is 2.68. The van der Waals surface area contributed by atoms with Crippen molar-refractivity contribution in [3.05, 3.63) is 28.8 Å². The molecule has 2 saturated heterocycles. The molecule has 0 unspecified atom stereocenters. The molecule has 3 amide bonds. The lowest BCUT2D eigenvalue weighted by Crippen LogP contribution is -2.40. The molecule has 0 bridgehead atoms. The lowest BCUT2D eigenvalue weighted by Gasteiger charge is -2.31. The van der Waals surface area contributed by atoms with Crippen LogP contribution in [0.1, 0.15) is 41.7 Å². The summed E-state index contributed by atoms with van der Waals surface area (Å²) in [5, 5.41) is 0.844. The molecule has 30 heavy (non-hydrogen) atoms. The molecule has 2 aliphatic heterocycles. The Bertz CT molecular complexity index is 969. The number of aromatic nitrogens is 3. The van der Waals surface area contributed by atoms with Crippen LogP contribution in [0.3, 0.4) is 0 Å². The van der Waals surface area contributed by atoms with Gasteiger partial charge < -0.3 is 4.90 Å². The lowest BCUT2D eigenvalue weighted by molar-refractivity contribution is -0.133. The van der Waals surface area contributed by atoms with Crippen LogP contribution in [0.25, 0.3) is 10.6 Å². The molecule has 0 N–H and O–H groups in total. The Hall–Kier alpha value is -2.33. The lowest BCUT2D eigenvalue weighted by atomic mass is 9.97. The van der Waals surface area contributed by atoms with Crippen molar-refractivity contribution in [2.24, 2.45) is 0 Å². The Morgan fingerprint density at radius 1 is 1.20 bits per heavy atom. The number of carbonyl (C=O) groups excluding carboxylic acids is 3. The van der Waals surface area contributed by atoms with Gasteiger partial charge in [-0.15, -0.1) is 11.3 Å². The first-order valence-corrected chi connectivity index (χ1v) is 11.7. The number of imide groups is 1. The van der Waals surface area contributed by atoms with Crippen molar-refractivity contribution >= 4 is 40.2 Å². The second kappa shape index (κ2) is 8.81. The summed E-state index contributed by atoms with van der Waals surface area (Å²) < 4.78 is 0. The zero-order valence-corrected chi connectivity index (χ0v) is 18.6. The maximum atomic E-state index is 12.5. The minimum Gasteiger partial charge on any atom is -0.343 e. The maximum absolute atomic E-state index is 12.5. The topological polar surface area (TPSA) is 96.4 Å². The predicted octanol–water partition coefficient (Wildman–Crippen LogP) is 3.01. The summed E-state index contributed by atoms with van der Waals surface area (Å²) in [6, 6.07) is 1.91. The molecule has 0 spiro atoms. The molecular formula is C20H23N5O3S2. The van der Waals surface area contributed by atoms with Crippen molar-refractivity contribution in [2.45, 2.75) is 39.0 Å². The first kappa shape index (κ1) is 20.9. The van der Waals surface area contributed by atoms with E-state index in [1.165, 1.54) is 4.90 Å². The Morgan fingerprint density at radius 2 is 1.97 bits per heavy atom. The van der Waals surface area contributed by atoms with Crippen LogP contribution in [0.2, 0.25) is 0 Å². The van der Waals surface area contributed by atoms with Crippen molar-refractivity contribution in [1.29, 1.82) is 0 Å². The highest BCUT2D eigenvalue weighted by atomic mass is 32.2. The largest absolute Gasteiger partial charge is 0.343 e.